The number of nitrogens with zero attached hydrogens (tertiary/aromatic N) is 1. The van der Waals surface area contributed by atoms with Crippen molar-refractivity contribution in [2.75, 3.05) is 11.1 Å². The number of nitrogens with one attached hydrogen (secondary N) is 1. The Morgan fingerprint density at radius 3 is 2.52 bits per heavy atom. The summed E-state index contributed by atoms with van der Waals surface area (Å²) >= 11 is 1.51. The second-order valence-electron chi connectivity index (χ2n) is 5.43. The number of hydrogen-bond donors (Lipinski definition) is 1. The molecule has 3 nitrogen and oxygen atoms in total. The highest BCUT2D eigenvalue weighted by molar-refractivity contribution is 8.00. The van der Waals surface area contributed by atoms with Gasteiger partial charge in [-0.15, -0.1) is 11.8 Å². The van der Waals surface area contributed by atoms with Gasteiger partial charge in [0, 0.05) is 22.2 Å². The highest BCUT2D eigenvalue weighted by Gasteiger charge is 2.09. The van der Waals surface area contributed by atoms with Crippen LogP contribution in [0.5, 0.6) is 0 Å². The van der Waals surface area contributed by atoms with Gasteiger partial charge in [0.15, 0.2) is 0 Å². The minimum absolute atomic E-state index is 0.000309. The van der Waals surface area contributed by atoms with E-state index in [1.54, 1.807) is 6.20 Å². The fraction of sp³-hybridized carbons (Fsp3) is 0.158. The van der Waals surface area contributed by atoms with Crippen LogP contribution in [0.25, 0.3) is 10.9 Å². The van der Waals surface area contributed by atoms with Crippen LogP contribution in [0.1, 0.15) is 11.1 Å². The van der Waals surface area contributed by atoms with Gasteiger partial charge in [-0.3, -0.25) is 9.78 Å². The van der Waals surface area contributed by atoms with E-state index in [9.17, 15) is 4.79 Å². The Bertz CT molecular complexity index is 835. The maximum atomic E-state index is 12.3. The zero-order valence-electron chi connectivity index (χ0n) is 13.2. The quantitative estimate of drug-likeness (QED) is 0.715. The molecule has 1 N–H and O–H groups in total. The molecule has 23 heavy (non-hydrogen) atoms. The summed E-state index contributed by atoms with van der Waals surface area (Å²) in [4.78, 5) is 17.7. The second kappa shape index (κ2) is 6.84. The number of pyridine rings is 1. The summed E-state index contributed by atoms with van der Waals surface area (Å²) in [7, 11) is 0. The Morgan fingerprint density at radius 1 is 1.04 bits per heavy atom. The van der Waals surface area contributed by atoms with Crippen LogP contribution in [0.2, 0.25) is 0 Å². The smallest absolute Gasteiger partial charge is 0.234 e. The third kappa shape index (κ3) is 3.54. The van der Waals surface area contributed by atoms with Crippen LogP contribution in [0.4, 0.5) is 5.69 Å². The average Bonchev–Trinajstić information content (AvgIpc) is 2.56. The van der Waals surface area contributed by atoms with Crippen molar-refractivity contribution in [1.29, 1.82) is 0 Å². The monoisotopic (exact) mass is 322 g/mol. The Labute approximate surface area is 140 Å². The lowest BCUT2D eigenvalue weighted by molar-refractivity contribution is -0.113. The molecular formula is C19H18N2OS. The largest absolute Gasteiger partial charge is 0.325 e. The van der Waals surface area contributed by atoms with Gasteiger partial charge in [0.2, 0.25) is 5.91 Å². The highest BCUT2D eigenvalue weighted by Crippen LogP contribution is 2.26. The summed E-state index contributed by atoms with van der Waals surface area (Å²) in [5.41, 5.74) is 4.01. The van der Waals surface area contributed by atoms with Crippen molar-refractivity contribution in [3.63, 3.8) is 0 Å². The van der Waals surface area contributed by atoms with Gasteiger partial charge in [-0.2, -0.15) is 0 Å². The number of anilines is 1. The van der Waals surface area contributed by atoms with Crippen molar-refractivity contribution in [1.82, 2.24) is 4.98 Å². The number of hydrogen-bond acceptors (Lipinski definition) is 3. The Balaban J connectivity index is 1.71. The van der Waals surface area contributed by atoms with Gasteiger partial charge >= 0.3 is 0 Å². The average molecular weight is 322 g/mol. The first-order valence-electron chi connectivity index (χ1n) is 7.48. The van der Waals surface area contributed by atoms with E-state index in [0.29, 0.717) is 5.75 Å². The summed E-state index contributed by atoms with van der Waals surface area (Å²) in [5, 5.41) is 4.11. The molecule has 4 heteroatoms. The molecule has 0 unspecified atom stereocenters. The van der Waals surface area contributed by atoms with Crippen LogP contribution >= 0.6 is 11.8 Å². The van der Waals surface area contributed by atoms with E-state index in [1.165, 1.54) is 11.8 Å². The highest BCUT2D eigenvalue weighted by atomic mass is 32.2. The summed E-state index contributed by atoms with van der Waals surface area (Å²) in [6, 6.07) is 16.0. The minimum Gasteiger partial charge on any atom is -0.325 e. The maximum absolute atomic E-state index is 12.3. The molecule has 0 radical (unpaired) electrons. The predicted molar refractivity (Wildman–Crippen MR) is 97.0 cm³/mol. The molecule has 0 bridgehead atoms. The van der Waals surface area contributed by atoms with Gasteiger partial charge in [0.25, 0.3) is 0 Å². The normalized spacial score (nSPS) is 10.7. The third-order valence-electron chi connectivity index (χ3n) is 3.70. The molecule has 3 rings (SSSR count). The lowest BCUT2D eigenvalue weighted by Gasteiger charge is -2.11. The van der Waals surface area contributed by atoms with Crippen molar-refractivity contribution in [3.05, 3.63) is 65.9 Å². The summed E-state index contributed by atoms with van der Waals surface area (Å²) in [5.74, 6) is 0.365. The second-order valence-corrected chi connectivity index (χ2v) is 6.45. The third-order valence-corrected chi connectivity index (χ3v) is 4.75. The molecule has 0 spiro atoms. The van der Waals surface area contributed by atoms with E-state index < -0.39 is 0 Å². The number of thioether (sulfide) groups is 1. The van der Waals surface area contributed by atoms with Crippen molar-refractivity contribution in [2.24, 2.45) is 0 Å². The lowest BCUT2D eigenvalue weighted by Crippen LogP contribution is -2.15. The maximum Gasteiger partial charge on any atom is 0.234 e. The number of carbonyl (C=O) groups excluding carboxylic acids is 1. The molecule has 0 aliphatic heterocycles. The number of para-hydroxylation sites is 2. The van der Waals surface area contributed by atoms with E-state index in [1.807, 2.05) is 62.4 Å². The first kappa shape index (κ1) is 15.6. The number of carbonyl (C=O) groups is 1. The number of fused-ring (bicyclic) bond motifs is 1. The lowest BCUT2D eigenvalue weighted by atomic mass is 10.1. The molecule has 0 aliphatic rings. The van der Waals surface area contributed by atoms with Gasteiger partial charge in [0.05, 0.1) is 11.3 Å². The number of rotatable bonds is 4. The van der Waals surface area contributed by atoms with Crippen molar-refractivity contribution in [3.8, 4) is 0 Å². The summed E-state index contributed by atoms with van der Waals surface area (Å²) in [6.45, 7) is 4.01. The SMILES string of the molecule is Cc1cccc(C)c1NC(=O)CSc1cccc2cccnc12. The van der Waals surface area contributed by atoms with Gasteiger partial charge < -0.3 is 5.32 Å². The van der Waals surface area contributed by atoms with Gasteiger partial charge in [-0.1, -0.05) is 36.4 Å². The number of amides is 1. The van der Waals surface area contributed by atoms with Crippen LogP contribution in [-0.2, 0) is 4.79 Å². The fourth-order valence-corrected chi connectivity index (χ4v) is 3.36. The number of aromatic nitrogens is 1. The fourth-order valence-electron chi connectivity index (χ4n) is 2.52. The molecule has 1 amide bonds. The Kier molecular flexibility index (Phi) is 4.63. The van der Waals surface area contributed by atoms with Gasteiger partial charge in [0.1, 0.15) is 0 Å². The molecule has 0 fully saturated rings. The first-order valence-corrected chi connectivity index (χ1v) is 8.46. The molecule has 3 aromatic rings. The van der Waals surface area contributed by atoms with Crippen molar-refractivity contribution < 1.29 is 4.79 Å². The van der Waals surface area contributed by atoms with E-state index in [2.05, 4.69) is 10.3 Å². The minimum atomic E-state index is 0.000309. The topological polar surface area (TPSA) is 42.0 Å². The number of benzene rings is 2. The molecule has 0 saturated carbocycles. The molecule has 116 valence electrons. The molecule has 0 atom stereocenters. The van der Waals surface area contributed by atoms with Crippen molar-refractivity contribution in [2.45, 2.75) is 18.7 Å². The zero-order valence-corrected chi connectivity index (χ0v) is 14.0. The number of aryl methyl sites for hydroxylation is 2. The molecule has 1 aromatic heterocycles. The van der Waals surface area contributed by atoms with Crippen molar-refractivity contribution >= 4 is 34.3 Å². The van der Waals surface area contributed by atoms with E-state index >= 15 is 0 Å². The van der Waals surface area contributed by atoms with Crippen LogP contribution in [0, 0.1) is 13.8 Å². The molecular weight excluding hydrogens is 304 g/mol. The van der Waals surface area contributed by atoms with Crippen LogP contribution in [0.15, 0.2) is 59.6 Å². The molecule has 2 aromatic carbocycles. The molecule has 1 heterocycles. The Morgan fingerprint density at radius 2 is 1.74 bits per heavy atom. The van der Waals surface area contributed by atoms with Crippen LogP contribution < -0.4 is 5.32 Å². The van der Waals surface area contributed by atoms with Gasteiger partial charge in [-0.05, 0) is 37.1 Å². The standard InChI is InChI=1S/C19H18N2OS/c1-13-6-3-7-14(2)18(13)21-17(22)12-23-16-10-4-8-15-9-5-11-20-19(15)16/h3-11H,12H2,1-2H3,(H,21,22). The van der Waals surface area contributed by atoms with Crippen LogP contribution in [0.3, 0.4) is 0 Å². The van der Waals surface area contributed by atoms with E-state index in [0.717, 1.165) is 32.6 Å². The first-order chi connectivity index (χ1) is 11.1. The van der Waals surface area contributed by atoms with Gasteiger partial charge in [-0.25, -0.2) is 0 Å². The van der Waals surface area contributed by atoms with Crippen LogP contribution in [-0.4, -0.2) is 16.6 Å². The molecule has 0 aliphatic carbocycles. The summed E-state index contributed by atoms with van der Waals surface area (Å²) in [6.07, 6.45) is 1.78. The van der Waals surface area contributed by atoms with E-state index in [4.69, 9.17) is 0 Å². The molecule has 0 saturated heterocycles. The Hall–Kier alpha value is -2.33. The predicted octanol–water partition coefficient (Wildman–Crippen LogP) is 4.58. The zero-order chi connectivity index (χ0) is 16.2. The summed E-state index contributed by atoms with van der Waals surface area (Å²) < 4.78 is 0. The van der Waals surface area contributed by atoms with E-state index in [-0.39, 0.29) is 5.91 Å².